The second kappa shape index (κ2) is 6.28. The second-order valence-corrected chi connectivity index (χ2v) is 5.53. The van der Waals surface area contributed by atoms with Gasteiger partial charge >= 0.3 is 0 Å². The van der Waals surface area contributed by atoms with Crippen molar-refractivity contribution in [2.75, 3.05) is 13.1 Å². The number of nitrogens with two attached hydrogens (primary N) is 1. The Labute approximate surface area is 123 Å². The van der Waals surface area contributed by atoms with Gasteiger partial charge in [0.2, 0.25) is 5.91 Å². The van der Waals surface area contributed by atoms with Crippen LogP contribution in [-0.4, -0.2) is 34.9 Å². The number of hydrogen-bond acceptors (Lipinski definition) is 3. The van der Waals surface area contributed by atoms with E-state index in [4.69, 9.17) is 18.0 Å². The van der Waals surface area contributed by atoms with E-state index in [9.17, 15) is 9.18 Å². The molecule has 1 saturated heterocycles. The van der Waals surface area contributed by atoms with E-state index in [2.05, 4.69) is 10.2 Å². The molecule has 1 atom stereocenters. The number of rotatable bonds is 4. The van der Waals surface area contributed by atoms with Crippen LogP contribution in [-0.2, 0) is 11.3 Å². The summed E-state index contributed by atoms with van der Waals surface area (Å²) in [7, 11) is 0. The van der Waals surface area contributed by atoms with E-state index in [0.29, 0.717) is 17.7 Å². The minimum atomic E-state index is -0.257. The molecule has 20 heavy (non-hydrogen) atoms. The number of benzene rings is 1. The lowest BCUT2D eigenvalue weighted by Crippen LogP contribution is -2.35. The molecule has 108 valence electrons. The van der Waals surface area contributed by atoms with Crippen LogP contribution in [0.3, 0.4) is 0 Å². The highest BCUT2D eigenvalue weighted by Crippen LogP contribution is 2.17. The van der Waals surface area contributed by atoms with Crippen LogP contribution in [0.5, 0.6) is 0 Å². The molecule has 0 spiro atoms. The molecular weight excluding hydrogens is 277 g/mol. The van der Waals surface area contributed by atoms with Crippen molar-refractivity contribution < 1.29 is 9.18 Å². The summed E-state index contributed by atoms with van der Waals surface area (Å²) in [6, 6.07) is 4.83. The van der Waals surface area contributed by atoms with E-state index in [1.54, 1.807) is 12.1 Å². The van der Waals surface area contributed by atoms with Crippen molar-refractivity contribution >= 4 is 23.1 Å². The van der Waals surface area contributed by atoms with Crippen molar-refractivity contribution in [2.45, 2.75) is 25.9 Å². The molecular formula is C14H18FN3OS. The van der Waals surface area contributed by atoms with E-state index >= 15 is 0 Å². The maximum absolute atomic E-state index is 13.8. The van der Waals surface area contributed by atoms with Gasteiger partial charge in [-0.1, -0.05) is 12.2 Å². The predicted molar refractivity (Wildman–Crippen MR) is 79.8 cm³/mol. The molecule has 2 rings (SSSR count). The van der Waals surface area contributed by atoms with Crippen LogP contribution in [0, 0.1) is 5.82 Å². The molecule has 1 unspecified atom stereocenters. The number of carbonyl (C=O) groups is 1. The molecule has 1 amide bonds. The van der Waals surface area contributed by atoms with Crippen LogP contribution in [0.25, 0.3) is 0 Å². The Morgan fingerprint density at radius 2 is 2.35 bits per heavy atom. The molecule has 4 nitrogen and oxygen atoms in total. The maximum Gasteiger partial charge on any atom is 0.217 e. The van der Waals surface area contributed by atoms with Gasteiger partial charge in [0.1, 0.15) is 10.8 Å². The van der Waals surface area contributed by atoms with Crippen LogP contribution in [0.4, 0.5) is 4.39 Å². The van der Waals surface area contributed by atoms with Gasteiger partial charge in [-0.25, -0.2) is 4.39 Å². The summed E-state index contributed by atoms with van der Waals surface area (Å²) in [5, 5.41) is 2.89. The highest BCUT2D eigenvalue weighted by molar-refractivity contribution is 7.80. The van der Waals surface area contributed by atoms with Crippen molar-refractivity contribution in [3.8, 4) is 0 Å². The Kier molecular flexibility index (Phi) is 4.67. The largest absolute Gasteiger partial charge is 0.389 e. The van der Waals surface area contributed by atoms with E-state index in [-0.39, 0.29) is 22.8 Å². The first-order chi connectivity index (χ1) is 9.45. The molecule has 0 saturated carbocycles. The Balaban J connectivity index is 2.02. The normalized spacial score (nSPS) is 19.0. The zero-order chi connectivity index (χ0) is 14.7. The van der Waals surface area contributed by atoms with Gasteiger partial charge in [-0.05, 0) is 24.6 Å². The monoisotopic (exact) mass is 295 g/mol. The molecule has 6 heteroatoms. The Bertz CT molecular complexity index is 535. The van der Waals surface area contributed by atoms with Crippen molar-refractivity contribution in [3.05, 3.63) is 35.1 Å². The number of hydrogen-bond donors (Lipinski definition) is 2. The summed E-state index contributed by atoms with van der Waals surface area (Å²) in [5.41, 5.74) is 6.82. The molecule has 1 aromatic carbocycles. The molecule has 0 radical (unpaired) electrons. The standard InChI is InChI=1S/C14H18FN3OS/c1-9(19)17-12-4-5-18(8-12)7-11-6-10(14(16)20)2-3-13(11)15/h2-3,6,12H,4-5,7-8H2,1H3,(H2,16,20)(H,17,19). The van der Waals surface area contributed by atoms with Crippen molar-refractivity contribution in [1.82, 2.24) is 10.2 Å². The summed E-state index contributed by atoms with van der Waals surface area (Å²) >= 11 is 4.91. The van der Waals surface area contributed by atoms with Gasteiger partial charge in [-0.3, -0.25) is 9.69 Å². The van der Waals surface area contributed by atoms with Crippen LogP contribution in [0.1, 0.15) is 24.5 Å². The lowest BCUT2D eigenvalue weighted by atomic mass is 10.1. The number of thiocarbonyl (C=S) groups is 1. The summed E-state index contributed by atoms with van der Waals surface area (Å²) in [6.45, 7) is 3.57. The SMILES string of the molecule is CC(=O)NC1CCN(Cc2cc(C(N)=S)ccc2F)C1. The summed E-state index contributed by atoms with van der Waals surface area (Å²) in [4.78, 5) is 13.4. The molecule has 0 aromatic heterocycles. The quantitative estimate of drug-likeness (QED) is 0.819. The minimum Gasteiger partial charge on any atom is -0.389 e. The van der Waals surface area contributed by atoms with Gasteiger partial charge < -0.3 is 11.1 Å². The molecule has 1 aromatic rings. The van der Waals surface area contributed by atoms with Gasteiger partial charge in [-0.2, -0.15) is 0 Å². The van der Waals surface area contributed by atoms with Gasteiger partial charge in [-0.15, -0.1) is 0 Å². The van der Waals surface area contributed by atoms with Crippen LogP contribution < -0.4 is 11.1 Å². The molecule has 3 N–H and O–H groups in total. The van der Waals surface area contributed by atoms with Crippen molar-refractivity contribution in [2.24, 2.45) is 5.73 Å². The first-order valence-electron chi connectivity index (χ1n) is 6.53. The lowest BCUT2D eigenvalue weighted by Gasteiger charge is -2.17. The average Bonchev–Trinajstić information content (AvgIpc) is 2.78. The van der Waals surface area contributed by atoms with Crippen LogP contribution in [0.2, 0.25) is 0 Å². The maximum atomic E-state index is 13.8. The fourth-order valence-corrected chi connectivity index (χ4v) is 2.60. The molecule has 1 fully saturated rings. The third kappa shape index (κ3) is 3.74. The first kappa shape index (κ1) is 14.9. The topological polar surface area (TPSA) is 58.4 Å². The Morgan fingerprint density at radius 1 is 1.60 bits per heavy atom. The van der Waals surface area contributed by atoms with Gasteiger partial charge in [0.15, 0.2) is 0 Å². The van der Waals surface area contributed by atoms with Crippen molar-refractivity contribution in [1.29, 1.82) is 0 Å². The molecule has 1 aliphatic rings. The lowest BCUT2D eigenvalue weighted by molar-refractivity contribution is -0.119. The minimum absolute atomic E-state index is 0.0292. The van der Waals surface area contributed by atoms with E-state index in [1.807, 2.05) is 0 Å². The molecule has 0 bridgehead atoms. The van der Waals surface area contributed by atoms with E-state index in [1.165, 1.54) is 13.0 Å². The van der Waals surface area contributed by atoms with Gasteiger partial charge in [0.25, 0.3) is 0 Å². The number of halogens is 1. The molecule has 0 aliphatic carbocycles. The number of nitrogens with zero attached hydrogens (tertiary/aromatic N) is 1. The van der Waals surface area contributed by atoms with Crippen LogP contribution >= 0.6 is 12.2 Å². The van der Waals surface area contributed by atoms with Crippen LogP contribution in [0.15, 0.2) is 18.2 Å². The zero-order valence-electron chi connectivity index (χ0n) is 11.4. The Hall–Kier alpha value is -1.53. The highest BCUT2D eigenvalue weighted by Gasteiger charge is 2.23. The summed E-state index contributed by atoms with van der Waals surface area (Å²) in [6.07, 6.45) is 0.885. The molecule has 1 heterocycles. The number of likely N-dealkylation sites (tertiary alicyclic amines) is 1. The smallest absolute Gasteiger partial charge is 0.217 e. The number of amides is 1. The van der Waals surface area contributed by atoms with E-state index < -0.39 is 0 Å². The van der Waals surface area contributed by atoms with Gasteiger partial charge in [0.05, 0.1) is 0 Å². The Morgan fingerprint density at radius 3 is 3.00 bits per heavy atom. The predicted octanol–water partition coefficient (Wildman–Crippen LogP) is 1.17. The molecule has 1 aliphatic heterocycles. The fourth-order valence-electron chi connectivity index (χ4n) is 2.47. The first-order valence-corrected chi connectivity index (χ1v) is 6.94. The number of nitrogens with one attached hydrogen (secondary N) is 1. The zero-order valence-corrected chi connectivity index (χ0v) is 12.2. The average molecular weight is 295 g/mol. The number of carbonyl (C=O) groups excluding carboxylic acids is 1. The van der Waals surface area contributed by atoms with E-state index in [0.717, 1.165) is 19.5 Å². The highest BCUT2D eigenvalue weighted by atomic mass is 32.1. The summed E-state index contributed by atoms with van der Waals surface area (Å²) in [5.74, 6) is -0.286. The fraction of sp³-hybridized carbons (Fsp3) is 0.429. The third-order valence-corrected chi connectivity index (χ3v) is 3.64. The third-order valence-electron chi connectivity index (χ3n) is 3.40. The van der Waals surface area contributed by atoms with Gasteiger partial charge in [0, 0.05) is 43.7 Å². The second-order valence-electron chi connectivity index (χ2n) is 5.09. The van der Waals surface area contributed by atoms with Crippen molar-refractivity contribution in [3.63, 3.8) is 0 Å². The summed E-state index contributed by atoms with van der Waals surface area (Å²) < 4.78 is 13.8.